The summed E-state index contributed by atoms with van der Waals surface area (Å²) in [5.74, 6) is 1.88. The smallest absolute Gasteiger partial charge is 0.222 e. The highest BCUT2D eigenvalue weighted by Crippen LogP contribution is 2.20. The first-order valence-electron chi connectivity index (χ1n) is 7.24. The summed E-state index contributed by atoms with van der Waals surface area (Å²) < 4.78 is 0. The van der Waals surface area contributed by atoms with Gasteiger partial charge in [0, 0.05) is 19.5 Å². The Labute approximate surface area is 105 Å². The average molecular weight is 238 g/mol. The standard InChI is InChI=1S/C14H26N2O/c1-12-3-2-10-16(11-12)14(17)5-4-13-6-8-15-9-7-13/h12-13,15H,2-11H2,1H3. The Hall–Kier alpha value is -0.570. The highest BCUT2D eigenvalue weighted by molar-refractivity contribution is 5.76. The third-order valence-electron chi connectivity index (χ3n) is 4.23. The van der Waals surface area contributed by atoms with Crippen LogP contribution in [0.15, 0.2) is 0 Å². The Morgan fingerprint density at radius 2 is 2.06 bits per heavy atom. The van der Waals surface area contributed by atoms with Crippen molar-refractivity contribution in [1.82, 2.24) is 10.2 Å². The van der Waals surface area contributed by atoms with Gasteiger partial charge in [0.15, 0.2) is 0 Å². The van der Waals surface area contributed by atoms with Gasteiger partial charge in [-0.2, -0.15) is 0 Å². The van der Waals surface area contributed by atoms with Gasteiger partial charge in [-0.1, -0.05) is 6.92 Å². The van der Waals surface area contributed by atoms with Crippen LogP contribution in [0.3, 0.4) is 0 Å². The molecule has 1 N–H and O–H groups in total. The fourth-order valence-electron chi connectivity index (χ4n) is 3.07. The summed E-state index contributed by atoms with van der Waals surface area (Å²) in [6.07, 6.45) is 6.87. The molecule has 98 valence electrons. The lowest BCUT2D eigenvalue weighted by Gasteiger charge is -2.31. The molecule has 0 radical (unpaired) electrons. The zero-order valence-corrected chi connectivity index (χ0v) is 11.1. The lowest BCUT2D eigenvalue weighted by atomic mass is 9.92. The summed E-state index contributed by atoms with van der Waals surface area (Å²) in [6.45, 7) is 6.52. The van der Waals surface area contributed by atoms with Gasteiger partial charge in [0.2, 0.25) is 5.91 Å². The second-order valence-electron chi connectivity index (χ2n) is 5.82. The molecule has 1 amide bonds. The first-order chi connectivity index (χ1) is 8.25. The molecule has 3 nitrogen and oxygen atoms in total. The van der Waals surface area contributed by atoms with Gasteiger partial charge >= 0.3 is 0 Å². The van der Waals surface area contributed by atoms with Gasteiger partial charge in [-0.3, -0.25) is 4.79 Å². The molecule has 0 aromatic carbocycles. The zero-order chi connectivity index (χ0) is 12.1. The number of nitrogens with zero attached hydrogens (tertiary/aromatic N) is 1. The van der Waals surface area contributed by atoms with Crippen molar-refractivity contribution < 1.29 is 4.79 Å². The van der Waals surface area contributed by atoms with E-state index in [1.807, 2.05) is 0 Å². The molecule has 2 fully saturated rings. The predicted molar refractivity (Wildman–Crippen MR) is 69.8 cm³/mol. The molecule has 0 aromatic heterocycles. The molecule has 2 aliphatic heterocycles. The average Bonchev–Trinajstić information content (AvgIpc) is 2.37. The van der Waals surface area contributed by atoms with Crippen LogP contribution < -0.4 is 5.32 Å². The molecule has 0 aromatic rings. The van der Waals surface area contributed by atoms with Gasteiger partial charge in [-0.15, -0.1) is 0 Å². The maximum atomic E-state index is 12.1. The molecule has 0 bridgehead atoms. The molecular weight excluding hydrogens is 212 g/mol. The summed E-state index contributed by atoms with van der Waals surface area (Å²) in [5, 5.41) is 3.38. The quantitative estimate of drug-likeness (QED) is 0.816. The molecule has 3 heteroatoms. The number of hydrogen-bond acceptors (Lipinski definition) is 2. The topological polar surface area (TPSA) is 32.3 Å². The number of carbonyl (C=O) groups is 1. The zero-order valence-electron chi connectivity index (χ0n) is 11.1. The summed E-state index contributed by atoms with van der Waals surface area (Å²) >= 11 is 0. The van der Waals surface area contributed by atoms with Crippen LogP contribution in [-0.2, 0) is 4.79 Å². The van der Waals surface area contributed by atoms with Crippen LogP contribution in [0, 0.1) is 11.8 Å². The van der Waals surface area contributed by atoms with E-state index in [1.54, 1.807) is 0 Å². The number of nitrogens with one attached hydrogen (secondary N) is 1. The first-order valence-corrected chi connectivity index (χ1v) is 7.24. The number of likely N-dealkylation sites (tertiary alicyclic amines) is 1. The summed E-state index contributed by atoms with van der Waals surface area (Å²) in [5.41, 5.74) is 0. The fourth-order valence-corrected chi connectivity index (χ4v) is 3.07. The maximum Gasteiger partial charge on any atom is 0.222 e. The summed E-state index contributed by atoms with van der Waals surface area (Å²) in [4.78, 5) is 14.2. The van der Waals surface area contributed by atoms with E-state index in [9.17, 15) is 4.79 Å². The van der Waals surface area contributed by atoms with Gasteiger partial charge in [0.05, 0.1) is 0 Å². The highest BCUT2D eigenvalue weighted by atomic mass is 16.2. The number of hydrogen-bond donors (Lipinski definition) is 1. The number of amides is 1. The molecule has 0 spiro atoms. The van der Waals surface area contributed by atoms with E-state index in [0.29, 0.717) is 11.8 Å². The van der Waals surface area contributed by atoms with Crippen LogP contribution in [-0.4, -0.2) is 37.0 Å². The molecule has 2 heterocycles. The monoisotopic (exact) mass is 238 g/mol. The minimum absolute atomic E-state index is 0.398. The fraction of sp³-hybridized carbons (Fsp3) is 0.929. The Balaban J connectivity index is 1.69. The van der Waals surface area contributed by atoms with E-state index in [4.69, 9.17) is 0 Å². The Morgan fingerprint density at radius 3 is 2.76 bits per heavy atom. The molecular formula is C14H26N2O. The first kappa shape index (κ1) is 12.9. The second kappa shape index (κ2) is 6.39. The minimum atomic E-state index is 0.398. The lowest BCUT2D eigenvalue weighted by Crippen LogP contribution is -2.39. The minimum Gasteiger partial charge on any atom is -0.342 e. The van der Waals surface area contributed by atoms with Crippen molar-refractivity contribution in [3.05, 3.63) is 0 Å². The molecule has 0 saturated carbocycles. The van der Waals surface area contributed by atoms with Crippen LogP contribution in [0.5, 0.6) is 0 Å². The van der Waals surface area contributed by atoms with Crippen molar-refractivity contribution in [2.75, 3.05) is 26.2 Å². The van der Waals surface area contributed by atoms with Crippen LogP contribution in [0.2, 0.25) is 0 Å². The van der Waals surface area contributed by atoms with Gasteiger partial charge in [-0.25, -0.2) is 0 Å². The predicted octanol–water partition coefficient (Wildman–Crippen LogP) is 2.02. The molecule has 1 atom stereocenters. The third-order valence-corrected chi connectivity index (χ3v) is 4.23. The molecule has 1 unspecified atom stereocenters. The molecule has 2 rings (SSSR count). The van der Waals surface area contributed by atoms with Crippen molar-refractivity contribution in [3.63, 3.8) is 0 Å². The molecule has 17 heavy (non-hydrogen) atoms. The summed E-state index contributed by atoms with van der Waals surface area (Å²) in [7, 11) is 0. The largest absolute Gasteiger partial charge is 0.342 e. The normalized spacial score (nSPS) is 27.1. The molecule has 0 aliphatic carbocycles. The van der Waals surface area contributed by atoms with E-state index >= 15 is 0 Å². The molecule has 2 aliphatic rings. The Bertz CT molecular complexity index is 249. The van der Waals surface area contributed by atoms with Gasteiger partial charge < -0.3 is 10.2 Å². The van der Waals surface area contributed by atoms with Crippen molar-refractivity contribution >= 4 is 5.91 Å². The van der Waals surface area contributed by atoms with Crippen LogP contribution in [0.4, 0.5) is 0 Å². The second-order valence-corrected chi connectivity index (χ2v) is 5.82. The highest BCUT2D eigenvalue weighted by Gasteiger charge is 2.22. The van der Waals surface area contributed by atoms with Gasteiger partial charge in [0.1, 0.15) is 0 Å². The van der Waals surface area contributed by atoms with Gasteiger partial charge in [0.25, 0.3) is 0 Å². The van der Waals surface area contributed by atoms with Crippen LogP contribution in [0.25, 0.3) is 0 Å². The van der Waals surface area contributed by atoms with Gasteiger partial charge in [-0.05, 0) is 57.0 Å². The van der Waals surface area contributed by atoms with E-state index in [2.05, 4.69) is 17.1 Å². The van der Waals surface area contributed by atoms with E-state index in [0.717, 1.165) is 44.9 Å². The number of carbonyl (C=O) groups excluding carboxylic acids is 1. The van der Waals surface area contributed by atoms with Crippen molar-refractivity contribution in [2.45, 2.75) is 45.4 Å². The third kappa shape index (κ3) is 3.98. The maximum absolute atomic E-state index is 12.1. The van der Waals surface area contributed by atoms with Crippen molar-refractivity contribution in [2.24, 2.45) is 11.8 Å². The van der Waals surface area contributed by atoms with Crippen LogP contribution >= 0.6 is 0 Å². The number of rotatable bonds is 3. The van der Waals surface area contributed by atoms with Crippen molar-refractivity contribution in [1.29, 1.82) is 0 Å². The van der Waals surface area contributed by atoms with E-state index < -0.39 is 0 Å². The Kier molecular flexibility index (Phi) is 4.84. The van der Waals surface area contributed by atoms with Crippen LogP contribution in [0.1, 0.15) is 45.4 Å². The van der Waals surface area contributed by atoms with Crippen molar-refractivity contribution in [3.8, 4) is 0 Å². The number of piperidine rings is 2. The van der Waals surface area contributed by atoms with E-state index in [1.165, 1.54) is 25.7 Å². The van der Waals surface area contributed by atoms with E-state index in [-0.39, 0.29) is 0 Å². The SMILES string of the molecule is CC1CCCN(C(=O)CCC2CCNCC2)C1. The Morgan fingerprint density at radius 1 is 1.29 bits per heavy atom. The summed E-state index contributed by atoms with van der Waals surface area (Å²) in [6, 6.07) is 0. The lowest BCUT2D eigenvalue weighted by molar-refractivity contribution is -0.133. The molecule has 2 saturated heterocycles.